The van der Waals surface area contributed by atoms with Crippen LogP contribution in [0.4, 0.5) is 0 Å². The number of aromatic amines is 1. The molecular formula is C24H25N5O2. The Balaban J connectivity index is 1.32. The second-order valence-corrected chi connectivity index (χ2v) is 8.23. The van der Waals surface area contributed by atoms with Gasteiger partial charge >= 0.3 is 0 Å². The maximum Gasteiger partial charge on any atom is 0.254 e. The molecule has 0 aliphatic carbocycles. The lowest BCUT2D eigenvalue weighted by molar-refractivity contribution is 0.0741. The Labute approximate surface area is 180 Å². The van der Waals surface area contributed by atoms with Crippen LogP contribution in [0, 0.1) is 5.92 Å². The van der Waals surface area contributed by atoms with Crippen LogP contribution >= 0.6 is 0 Å². The molecule has 5 rings (SSSR count). The molecule has 1 N–H and O–H groups in total. The molecule has 1 aliphatic rings. The molecule has 1 fully saturated rings. The van der Waals surface area contributed by atoms with Crippen molar-refractivity contribution in [2.45, 2.75) is 25.9 Å². The summed E-state index contributed by atoms with van der Waals surface area (Å²) in [6.45, 7) is 3.64. The van der Waals surface area contributed by atoms with Crippen LogP contribution in [0.1, 0.15) is 23.7 Å². The van der Waals surface area contributed by atoms with E-state index in [1.807, 2.05) is 41.7 Å². The van der Waals surface area contributed by atoms with E-state index >= 15 is 0 Å². The minimum absolute atomic E-state index is 0.0592. The molecular weight excluding hydrogens is 390 g/mol. The molecule has 7 nitrogen and oxygen atoms in total. The summed E-state index contributed by atoms with van der Waals surface area (Å²) in [6.07, 6.45) is 6.58. The standard InChI is InChI=1S/C24H25N5O2/c1-16-8-17(14-28(16)24(30)19-4-3-5-22(10-19)31-2)15-29-23-7-6-18(9-20(23)13-27-29)21-11-25-26-12-21/h3-7,9-13,16-17H,8,14-15H2,1-2H3,(H,25,26)/t16-,17+/m1/s1. The Morgan fingerprint density at radius 1 is 1.19 bits per heavy atom. The number of nitrogens with zero attached hydrogens (tertiary/aromatic N) is 4. The fraction of sp³-hybridized carbons (Fsp3) is 0.292. The van der Waals surface area contributed by atoms with Gasteiger partial charge in [0.15, 0.2) is 0 Å². The van der Waals surface area contributed by atoms with Crippen molar-refractivity contribution in [3.8, 4) is 16.9 Å². The van der Waals surface area contributed by atoms with Crippen LogP contribution in [-0.4, -0.2) is 50.5 Å². The first-order valence-electron chi connectivity index (χ1n) is 10.5. The van der Waals surface area contributed by atoms with Gasteiger partial charge in [-0.05, 0) is 55.2 Å². The Morgan fingerprint density at radius 2 is 2.10 bits per heavy atom. The van der Waals surface area contributed by atoms with Crippen molar-refractivity contribution in [3.63, 3.8) is 0 Å². The molecule has 1 amide bonds. The highest BCUT2D eigenvalue weighted by Gasteiger charge is 2.33. The van der Waals surface area contributed by atoms with Gasteiger partial charge in [0.2, 0.25) is 0 Å². The monoisotopic (exact) mass is 415 g/mol. The van der Waals surface area contributed by atoms with Crippen LogP contribution in [0.5, 0.6) is 5.75 Å². The predicted octanol–water partition coefficient (Wildman–Crippen LogP) is 3.99. The summed E-state index contributed by atoms with van der Waals surface area (Å²) >= 11 is 0. The number of aromatic nitrogens is 4. The second-order valence-electron chi connectivity index (χ2n) is 8.23. The zero-order chi connectivity index (χ0) is 21.4. The third-order valence-electron chi connectivity index (χ3n) is 6.14. The number of fused-ring (bicyclic) bond motifs is 1. The first kappa shape index (κ1) is 19.4. The molecule has 0 spiro atoms. The summed E-state index contributed by atoms with van der Waals surface area (Å²) in [6, 6.07) is 13.9. The summed E-state index contributed by atoms with van der Waals surface area (Å²) in [5.74, 6) is 1.12. The number of ether oxygens (including phenoxy) is 1. The third-order valence-corrected chi connectivity index (χ3v) is 6.14. The number of benzene rings is 2. The van der Waals surface area contributed by atoms with Crippen molar-refractivity contribution >= 4 is 16.8 Å². The van der Waals surface area contributed by atoms with E-state index in [2.05, 4.69) is 45.1 Å². The first-order chi connectivity index (χ1) is 15.1. The van der Waals surface area contributed by atoms with Gasteiger partial charge in [0.05, 0.1) is 25.0 Å². The Kier molecular flexibility index (Phi) is 4.94. The second kappa shape index (κ2) is 7.91. The molecule has 2 aromatic carbocycles. The third kappa shape index (κ3) is 3.67. The first-order valence-corrected chi connectivity index (χ1v) is 10.5. The van der Waals surface area contributed by atoms with Crippen LogP contribution in [0.3, 0.4) is 0 Å². The number of amides is 1. The Morgan fingerprint density at radius 3 is 2.90 bits per heavy atom. The van der Waals surface area contributed by atoms with Gasteiger partial charge in [-0.3, -0.25) is 14.6 Å². The van der Waals surface area contributed by atoms with E-state index < -0.39 is 0 Å². The summed E-state index contributed by atoms with van der Waals surface area (Å²) in [7, 11) is 1.62. The minimum Gasteiger partial charge on any atom is -0.497 e. The number of nitrogens with one attached hydrogen (secondary N) is 1. The fourth-order valence-electron chi connectivity index (χ4n) is 4.55. The number of rotatable bonds is 5. The lowest BCUT2D eigenvalue weighted by Gasteiger charge is -2.21. The number of carbonyl (C=O) groups excluding carboxylic acids is 1. The van der Waals surface area contributed by atoms with E-state index in [0.717, 1.165) is 41.5 Å². The zero-order valence-corrected chi connectivity index (χ0v) is 17.7. The lowest BCUT2D eigenvalue weighted by atomic mass is 10.1. The molecule has 2 aromatic heterocycles. The lowest BCUT2D eigenvalue weighted by Crippen LogP contribution is -2.34. The van der Waals surface area contributed by atoms with Gasteiger partial charge in [0.25, 0.3) is 5.91 Å². The van der Waals surface area contributed by atoms with Crippen LogP contribution in [-0.2, 0) is 6.54 Å². The van der Waals surface area contributed by atoms with Gasteiger partial charge in [-0.1, -0.05) is 12.1 Å². The molecule has 1 aliphatic heterocycles. The van der Waals surface area contributed by atoms with Gasteiger partial charge < -0.3 is 9.64 Å². The van der Waals surface area contributed by atoms with Crippen molar-refractivity contribution in [1.82, 2.24) is 24.9 Å². The maximum atomic E-state index is 13.1. The Bertz CT molecular complexity index is 1210. The van der Waals surface area contributed by atoms with Crippen LogP contribution in [0.25, 0.3) is 22.0 Å². The number of methoxy groups -OCH3 is 1. The summed E-state index contributed by atoms with van der Waals surface area (Å²) in [5, 5.41) is 12.6. The van der Waals surface area contributed by atoms with Gasteiger partial charge in [0.1, 0.15) is 5.75 Å². The molecule has 4 aromatic rings. The Hall–Kier alpha value is -3.61. The van der Waals surface area contributed by atoms with Crippen molar-refractivity contribution in [2.75, 3.05) is 13.7 Å². The normalized spacial score (nSPS) is 18.6. The van der Waals surface area contributed by atoms with E-state index in [1.165, 1.54) is 0 Å². The molecule has 31 heavy (non-hydrogen) atoms. The predicted molar refractivity (Wildman–Crippen MR) is 119 cm³/mol. The molecule has 0 saturated carbocycles. The SMILES string of the molecule is COc1cccc(C(=O)N2C[C@@H](Cn3ncc4cc(-c5cn[nH]c5)ccc43)C[C@H]2C)c1. The fourth-order valence-corrected chi connectivity index (χ4v) is 4.55. The number of carbonyl (C=O) groups is 1. The molecule has 0 unspecified atom stereocenters. The van der Waals surface area contributed by atoms with E-state index in [9.17, 15) is 4.79 Å². The van der Waals surface area contributed by atoms with Crippen LogP contribution < -0.4 is 4.74 Å². The van der Waals surface area contributed by atoms with Gasteiger partial charge in [-0.25, -0.2) is 0 Å². The zero-order valence-electron chi connectivity index (χ0n) is 17.7. The maximum absolute atomic E-state index is 13.1. The minimum atomic E-state index is 0.0592. The van der Waals surface area contributed by atoms with Gasteiger partial charge in [-0.2, -0.15) is 10.2 Å². The van der Waals surface area contributed by atoms with Gasteiger partial charge in [-0.15, -0.1) is 0 Å². The van der Waals surface area contributed by atoms with E-state index in [0.29, 0.717) is 17.2 Å². The molecule has 2 atom stereocenters. The number of hydrogen-bond donors (Lipinski definition) is 1. The van der Waals surface area contributed by atoms with Crippen molar-refractivity contribution in [3.05, 3.63) is 66.6 Å². The number of H-pyrrole nitrogens is 1. The molecule has 1 saturated heterocycles. The average molecular weight is 415 g/mol. The highest BCUT2D eigenvalue weighted by atomic mass is 16.5. The van der Waals surface area contributed by atoms with Crippen LogP contribution in [0.2, 0.25) is 0 Å². The molecule has 3 heterocycles. The number of likely N-dealkylation sites (tertiary alicyclic amines) is 1. The smallest absolute Gasteiger partial charge is 0.254 e. The van der Waals surface area contributed by atoms with E-state index in [-0.39, 0.29) is 11.9 Å². The molecule has 158 valence electrons. The summed E-state index contributed by atoms with van der Waals surface area (Å²) in [5.41, 5.74) is 3.96. The molecule has 0 radical (unpaired) electrons. The van der Waals surface area contributed by atoms with Gasteiger partial charge in [0, 0.05) is 41.8 Å². The van der Waals surface area contributed by atoms with Crippen molar-refractivity contribution < 1.29 is 9.53 Å². The number of hydrogen-bond acceptors (Lipinski definition) is 4. The topological polar surface area (TPSA) is 76.0 Å². The highest BCUT2D eigenvalue weighted by molar-refractivity contribution is 5.95. The molecule has 0 bridgehead atoms. The van der Waals surface area contributed by atoms with E-state index in [1.54, 1.807) is 13.2 Å². The van der Waals surface area contributed by atoms with Crippen molar-refractivity contribution in [2.24, 2.45) is 5.92 Å². The quantitative estimate of drug-likeness (QED) is 0.535. The average Bonchev–Trinajstić information content (AvgIpc) is 3.54. The highest BCUT2D eigenvalue weighted by Crippen LogP contribution is 2.29. The van der Waals surface area contributed by atoms with Crippen molar-refractivity contribution in [1.29, 1.82) is 0 Å². The largest absolute Gasteiger partial charge is 0.497 e. The summed E-state index contributed by atoms with van der Waals surface area (Å²) < 4.78 is 7.33. The molecule has 7 heteroatoms. The summed E-state index contributed by atoms with van der Waals surface area (Å²) in [4.78, 5) is 15.1. The van der Waals surface area contributed by atoms with Crippen LogP contribution in [0.15, 0.2) is 61.1 Å². The van der Waals surface area contributed by atoms with E-state index in [4.69, 9.17) is 4.74 Å².